The Hall–Kier alpha value is -8.20. The van der Waals surface area contributed by atoms with E-state index in [1.54, 1.807) is 0 Å². The molecular formula is C60H42N2. The van der Waals surface area contributed by atoms with Gasteiger partial charge in [-0.15, -0.1) is 0 Å². The molecule has 0 saturated carbocycles. The standard InChI is InChI=1S/C60H42N2/c1-4-14-43(15-5-1)45-24-26-46(27-25-45)48-28-35-52(36-29-48)61(58-22-12-10-20-55(58)50-18-8-3-9-19-50)53-37-32-49(33-38-53)51-34-41-60-57(42-51)56-21-11-13-23-59(56)62(60)54-39-30-47(31-40-54)44-16-6-2-7-17-44/h1-42H/i1D,2D,3D,4D,5D,6D,7D,8D,9D,10D,11D,12D,13D,14D,15D,16D,17D,18D,19D,20D,21D,22D,23D,24D,25D,26D,27D,28D,29D,30D,31D,32D,33D,34D,35D,36D,37D,38D,39D,40D,41D,42D. The maximum atomic E-state index is 9.93. The highest BCUT2D eigenvalue weighted by Gasteiger charge is 2.18. The van der Waals surface area contributed by atoms with Gasteiger partial charge in [0.25, 0.3) is 0 Å². The lowest BCUT2D eigenvalue weighted by Crippen LogP contribution is -2.11. The summed E-state index contributed by atoms with van der Waals surface area (Å²) in [4.78, 5) is 0.174. The zero-order valence-electron chi connectivity index (χ0n) is 72.9. The fourth-order valence-corrected chi connectivity index (χ4v) is 6.17. The Morgan fingerprint density at radius 3 is 1.24 bits per heavy atom. The Morgan fingerprint density at radius 2 is 0.677 bits per heavy atom. The minimum Gasteiger partial charge on any atom is -0.310 e. The van der Waals surface area contributed by atoms with Crippen LogP contribution in [-0.2, 0) is 0 Å². The van der Waals surface area contributed by atoms with Crippen molar-refractivity contribution in [3.8, 4) is 61.3 Å². The van der Waals surface area contributed by atoms with Crippen LogP contribution in [0.5, 0.6) is 0 Å². The van der Waals surface area contributed by atoms with Gasteiger partial charge in [-0.25, -0.2) is 0 Å². The molecular weight excluding hydrogens is 749 g/mol. The summed E-state index contributed by atoms with van der Waals surface area (Å²) in [6.07, 6.45) is 0. The summed E-state index contributed by atoms with van der Waals surface area (Å²) in [5.41, 5.74) is -16.7. The summed E-state index contributed by atoms with van der Waals surface area (Å²) in [6, 6.07) is -49.0. The molecule has 0 fully saturated rings. The maximum Gasteiger partial charge on any atom is 0.0645 e. The molecule has 0 bridgehead atoms. The molecule has 292 valence electrons. The first-order valence-electron chi connectivity index (χ1n) is 38.8. The molecule has 0 aliphatic carbocycles. The maximum absolute atomic E-state index is 9.93. The zero-order chi connectivity index (χ0) is 77.8. The van der Waals surface area contributed by atoms with E-state index in [-0.39, 0.29) is 4.90 Å². The third-order valence-corrected chi connectivity index (χ3v) is 8.93. The smallest absolute Gasteiger partial charge is 0.0645 e. The summed E-state index contributed by atoms with van der Waals surface area (Å²) in [6.45, 7) is 0. The zero-order valence-corrected chi connectivity index (χ0v) is 30.9. The van der Waals surface area contributed by atoms with Crippen molar-refractivity contribution in [1.29, 1.82) is 0 Å². The number of para-hydroxylation sites is 2. The van der Waals surface area contributed by atoms with E-state index in [4.69, 9.17) is 28.8 Å². The SMILES string of the molecule is [2H]c1c([2H])c([2H])c(-c2c([2H])c([2H])c(-c3c([2H])c([2H])c(N(c4c([2H])c([2H])c(-c5c([2H])c([2H])c6c(c5[2H])c5c([2H])c([2H])c([2H])c([2H])c5n6-c5c([2H])c([2H])c(-c6c([2H])c([2H])c([2H])c([2H])c6[2H])c([2H])c5[2H])c([2H])c4[2H])c4c([2H])c([2H])c([2H])c([2H])c4-c4c([2H])c([2H])c([2H])c([2H])c4[2H])c([2H])c3[2H])c([2H])c2[2H])c([2H])c1[2H]. The van der Waals surface area contributed by atoms with Crippen LogP contribution in [0.25, 0.3) is 83.1 Å². The fraction of sp³-hybridized carbons (Fsp3) is 0. The molecule has 1 heterocycles. The lowest BCUT2D eigenvalue weighted by atomic mass is 9.99. The summed E-state index contributed by atoms with van der Waals surface area (Å²) in [7, 11) is 0. The largest absolute Gasteiger partial charge is 0.310 e. The predicted octanol–water partition coefficient (Wildman–Crippen LogP) is 16.6. The topological polar surface area (TPSA) is 8.17 Å². The molecule has 2 heteroatoms. The van der Waals surface area contributed by atoms with E-state index in [0.29, 0.717) is 4.57 Å². The van der Waals surface area contributed by atoms with E-state index in [1.165, 1.54) is 0 Å². The van der Waals surface area contributed by atoms with E-state index < -0.39 is 354 Å². The Kier molecular flexibility index (Phi) is 3.48. The molecule has 0 radical (unpaired) electrons. The number of nitrogens with zero attached hydrogens (tertiary/aromatic N) is 2. The van der Waals surface area contributed by atoms with E-state index in [9.17, 15) is 28.8 Å². The van der Waals surface area contributed by atoms with Crippen molar-refractivity contribution < 1.29 is 57.6 Å². The van der Waals surface area contributed by atoms with Gasteiger partial charge in [0.1, 0.15) is 0 Å². The highest BCUT2D eigenvalue weighted by molar-refractivity contribution is 6.10. The summed E-state index contributed by atoms with van der Waals surface area (Å²) < 4.78 is 381. The van der Waals surface area contributed by atoms with Gasteiger partial charge in [0.2, 0.25) is 0 Å². The lowest BCUT2D eigenvalue weighted by molar-refractivity contribution is 1.18. The molecule has 0 spiro atoms. The minimum atomic E-state index is -1.50. The monoisotopic (exact) mass is 833 g/mol. The summed E-state index contributed by atoms with van der Waals surface area (Å²) in [5.74, 6) is 0. The van der Waals surface area contributed by atoms with Gasteiger partial charge in [-0.3, -0.25) is 0 Å². The van der Waals surface area contributed by atoms with Crippen LogP contribution >= 0.6 is 0 Å². The van der Waals surface area contributed by atoms with Crippen molar-refractivity contribution >= 4 is 38.9 Å². The number of rotatable bonds is 9. The third kappa shape index (κ3) is 6.94. The second-order valence-corrected chi connectivity index (χ2v) is 12.5. The first-order chi connectivity index (χ1) is 48.2. The van der Waals surface area contributed by atoms with E-state index in [0.717, 1.165) is 0 Å². The first-order valence-corrected chi connectivity index (χ1v) is 17.8. The number of anilines is 3. The molecule has 62 heavy (non-hydrogen) atoms. The normalized spacial score (nSPS) is 20.7. The molecule has 0 N–H and O–H groups in total. The van der Waals surface area contributed by atoms with Gasteiger partial charge in [0.15, 0.2) is 0 Å². The molecule has 0 aliphatic rings. The molecule has 11 rings (SSSR count). The number of aromatic nitrogens is 1. The molecule has 11 aromatic rings. The molecule has 0 aliphatic heterocycles. The van der Waals surface area contributed by atoms with Crippen molar-refractivity contribution in [3.63, 3.8) is 0 Å². The highest BCUT2D eigenvalue weighted by Crippen LogP contribution is 2.42. The fourth-order valence-electron chi connectivity index (χ4n) is 6.17. The predicted molar refractivity (Wildman–Crippen MR) is 263 cm³/mol. The molecule has 1 aromatic heterocycles. The van der Waals surface area contributed by atoms with Crippen LogP contribution in [0.1, 0.15) is 57.6 Å². The van der Waals surface area contributed by atoms with E-state index >= 15 is 0 Å². The first kappa shape index (κ1) is 13.4. The quantitative estimate of drug-likeness (QED) is 0.141. The van der Waals surface area contributed by atoms with Crippen LogP contribution in [0.4, 0.5) is 17.1 Å². The van der Waals surface area contributed by atoms with Crippen molar-refractivity contribution in [2.24, 2.45) is 0 Å². The molecule has 0 unspecified atom stereocenters. The molecule has 10 aromatic carbocycles. The molecule has 0 atom stereocenters. The molecule has 2 nitrogen and oxygen atoms in total. The third-order valence-electron chi connectivity index (χ3n) is 8.93. The number of benzene rings is 10. The van der Waals surface area contributed by atoms with E-state index in [1.807, 2.05) is 0 Å². The van der Waals surface area contributed by atoms with Crippen molar-refractivity contribution in [1.82, 2.24) is 4.57 Å². The van der Waals surface area contributed by atoms with Crippen LogP contribution in [0.3, 0.4) is 0 Å². The van der Waals surface area contributed by atoms with Crippen LogP contribution in [0, 0.1) is 0 Å². The van der Waals surface area contributed by atoms with Gasteiger partial charge >= 0.3 is 0 Å². The van der Waals surface area contributed by atoms with Crippen LogP contribution in [-0.4, -0.2) is 4.57 Å². The Morgan fingerprint density at radius 1 is 0.290 bits per heavy atom. The van der Waals surface area contributed by atoms with Gasteiger partial charge in [-0.1, -0.05) is 193 Å². The minimum absolute atomic E-state index is 0.174. The molecule has 0 amide bonds. The van der Waals surface area contributed by atoms with Crippen LogP contribution in [0.2, 0.25) is 0 Å². The van der Waals surface area contributed by atoms with Gasteiger partial charge < -0.3 is 9.47 Å². The van der Waals surface area contributed by atoms with Crippen molar-refractivity contribution in [3.05, 3.63) is 254 Å². The average molecular weight is 833 g/mol. The summed E-state index contributed by atoms with van der Waals surface area (Å²) >= 11 is 0. The van der Waals surface area contributed by atoms with Gasteiger partial charge in [-0.2, -0.15) is 0 Å². The highest BCUT2D eigenvalue weighted by atomic mass is 15.1. The van der Waals surface area contributed by atoms with Crippen LogP contribution in [0.15, 0.2) is 254 Å². The van der Waals surface area contributed by atoms with Crippen molar-refractivity contribution in [2.45, 2.75) is 0 Å². The Labute approximate surface area is 421 Å². The van der Waals surface area contributed by atoms with Crippen molar-refractivity contribution in [2.75, 3.05) is 4.90 Å². The average Bonchev–Trinajstić information content (AvgIpc) is 1.46. The van der Waals surface area contributed by atoms with Gasteiger partial charge in [0.05, 0.1) is 74.3 Å². The molecule has 0 saturated heterocycles. The lowest BCUT2D eigenvalue weighted by Gasteiger charge is -2.28. The number of hydrogen-bond donors (Lipinski definition) is 0. The Balaban J connectivity index is 1.27. The Bertz CT molecular complexity index is 5630. The van der Waals surface area contributed by atoms with Crippen LogP contribution < -0.4 is 4.90 Å². The second kappa shape index (κ2) is 16.1. The summed E-state index contributed by atoms with van der Waals surface area (Å²) in [5, 5.41) is -1.59. The van der Waals surface area contributed by atoms with Gasteiger partial charge in [-0.05, 0) is 110 Å². The van der Waals surface area contributed by atoms with E-state index in [2.05, 4.69) is 0 Å². The number of fused-ring (bicyclic) bond motifs is 3. The van der Waals surface area contributed by atoms with Gasteiger partial charge in [0, 0.05) is 33.4 Å². The second-order valence-electron chi connectivity index (χ2n) is 12.5. The number of hydrogen-bond acceptors (Lipinski definition) is 1.